The average molecular weight is 301 g/mol. The Bertz CT molecular complexity index is 515. The van der Waals surface area contributed by atoms with Gasteiger partial charge < -0.3 is 10.4 Å². The van der Waals surface area contributed by atoms with Gasteiger partial charge in [0, 0.05) is 6.54 Å². The number of aliphatic hydroxyl groups is 1. The zero-order valence-corrected chi connectivity index (χ0v) is 11.5. The molecule has 2 rings (SSSR count). The van der Waals surface area contributed by atoms with E-state index in [1.807, 2.05) is 0 Å². The van der Waals surface area contributed by atoms with E-state index >= 15 is 0 Å². The van der Waals surface area contributed by atoms with Gasteiger partial charge in [0.1, 0.15) is 11.4 Å². The summed E-state index contributed by atoms with van der Waals surface area (Å²) in [5, 5.41) is 11.8. The molecule has 1 aromatic rings. The Kier molecular flexibility index (Phi) is 4.56. The van der Waals surface area contributed by atoms with Crippen molar-refractivity contribution in [3.05, 3.63) is 35.6 Å². The zero-order valence-electron chi connectivity index (χ0n) is 11.5. The van der Waals surface area contributed by atoms with Gasteiger partial charge in [0.15, 0.2) is 0 Å². The lowest BCUT2D eigenvalue weighted by Gasteiger charge is -2.41. The number of rotatable bonds is 6. The molecule has 0 saturated heterocycles. The molecule has 2 N–H and O–H groups in total. The van der Waals surface area contributed by atoms with Gasteiger partial charge in [0.2, 0.25) is 0 Å². The summed E-state index contributed by atoms with van der Waals surface area (Å²) in [4.78, 5) is 11.5. The van der Waals surface area contributed by atoms with Gasteiger partial charge in [-0.1, -0.05) is 12.1 Å². The molecule has 0 aromatic heterocycles. The van der Waals surface area contributed by atoms with Gasteiger partial charge in [-0.15, -0.1) is 0 Å². The van der Waals surface area contributed by atoms with Gasteiger partial charge in [-0.05, 0) is 49.8 Å². The predicted molar refractivity (Wildman–Crippen MR) is 71.5 cm³/mol. The van der Waals surface area contributed by atoms with Crippen molar-refractivity contribution in [3.8, 4) is 0 Å². The van der Waals surface area contributed by atoms with Gasteiger partial charge in [-0.25, -0.2) is 4.39 Å². The van der Waals surface area contributed by atoms with Crippen molar-refractivity contribution in [2.45, 2.75) is 43.6 Å². The highest BCUT2D eigenvalue weighted by atomic mass is 19.3. The molecule has 0 unspecified atom stereocenters. The number of carbonyl (C=O) groups excluding carboxylic acids is 1. The van der Waals surface area contributed by atoms with Crippen molar-refractivity contribution in [1.82, 2.24) is 5.32 Å². The Labute approximate surface area is 121 Å². The van der Waals surface area contributed by atoms with Crippen molar-refractivity contribution in [2.75, 3.05) is 6.54 Å². The first-order valence-electron chi connectivity index (χ1n) is 6.98. The van der Waals surface area contributed by atoms with Crippen molar-refractivity contribution >= 4 is 5.91 Å². The number of halogens is 3. The molecule has 0 atom stereocenters. The smallest absolute Gasteiger partial charge is 0.352 e. The first-order chi connectivity index (χ1) is 9.85. The highest BCUT2D eigenvalue weighted by Crippen LogP contribution is 2.44. The fourth-order valence-electron chi connectivity index (χ4n) is 2.33. The van der Waals surface area contributed by atoms with Crippen LogP contribution in [0.2, 0.25) is 0 Å². The van der Waals surface area contributed by atoms with Crippen LogP contribution in [-0.4, -0.2) is 29.1 Å². The van der Waals surface area contributed by atoms with E-state index in [0.29, 0.717) is 19.3 Å². The summed E-state index contributed by atoms with van der Waals surface area (Å²) in [6.07, 6.45) is 1.28. The summed E-state index contributed by atoms with van der Waals surface area (Å²) < 4.78 is 40.4. The Balaban J connectivity index is 1.77. The lowest BCUT2D eigenvalue weighted by atomic mass is 9.75. The number of amides is 1. The standard InChI is InChI=1S/C15H18F3NO2/c16-12-6-1-4-11(10-12)5-2-9-19-13(20)15(17,18)14(21)7-3-8-14/h1,4,6,10,21H,2-3,5,7-9H2,(H,19,20). The number of carbonyl (C=O) groups is 1. The van der Waals surface area contributed by atoms with Crippen molar-refractivity contribution in [3.63, 3.8) is 0 Å². The molecule has 1 amide bonds. The molecule has 21 heavy (non-hydrogen) atoms. The quantitative estimate of drug-likeness (QED) is 0.793. The molecular weight excluding hydrogens is 283 g/mol. The van der Waals surface area contributed by atoms with Crippen LogP contribution in [0.4, 0.5) is 13.2 Å². The van der Waals surface area contributed by atoms with Gasteiger partial charge in [-0.2, -0.15) is 8.78 Å². The summed E-state index contributed by atoms with van der Waals surface area (Å²) in [7, 11) is 0. The van der Waals surface area contributed by atoms with E-state index in [2.05, 4.69) is 5.32 Å². The number of alkyl halides is 2. The monoisotopic (exact) mass is 301 g/mol. The first-order valence-corrected chi connectivity index (χ1v) is 6.98. The third-order valence-corrected chi connectivity index (χ3v) is 3.87. The molecule has 0 radical (unpaired) electrons. The second-order valence-corrected chi connectivity index (χ2v) is 5.45. The molecule has 0 bridgehead atoms. The van der Waals surface area contributed by atoms with Gasteiger partial charge in [0.05, 0.1) is 0 Å². The zero-order chi connectivity index (χ0) is 15.5. The van der Waals surface area contributed by atoms with Crippen molar-refractivity contribution in [2.24, 2.45) is 0 Å². The number of aryl methyl sites for hydroxylation is 1. The molecule has 1 saturated carbocycles. The van der Waals surface area contributed by atoms with E-state index in [1.54, 1.807) is 12.1 Å². The summed E-state index contributed by atoms with van der Waals surface area (Å²) >= 11 is 0. The summed E-state index contributed by atoms with van der Waals surface area (Å²) in [6, 6.07) is 6.00. The van der Waals surface area contributed by atoms with E-state index in [-0.39, 0.29) is 25.2 Å². The molecule has 6 heteroatoms. The van der Waals surface area contributed by atoms with Crippen LogP contribution in [0.1, 0.15) is 31.2 Å². The molecule has 116 valence electrons. The molecule has 0 heterocycles. The van der Waals surface area contributed by atoms with Gasteiger partial charge >= 0.3 is 5.92 Å². The summed E-state index contributed by atoms with van der Waals surface area (Å²) in [6.45, 7) is 0.0566. The maximum Gasteiger partial charge on any atom is 0.352 e. The lowest BCUT2D eigenvalue weighted by Crippen LogP contribution is -2.60. The van der Waals surface area contributed by atoms with Crippen LogP contribution in [-0.2, 0) is 11.2 Å². The minimum absolute atomic E-state index is 0.0566. The van der Waals surface area contributed by atoms with Crippen LogP contribution in [0.3, 0.4) is 0 Å². The molecular formula is C15H18F3NO2. The van der Waals surface area contributed by atoms with E-state index in [9.17, 15) is 23.1 Å². The van der Waals surface area contributed by atoms with Crippen LogP contribution in [0, 0.1) is 5.82 Å². The first kappa shape index (κ1) is 15.8. The Hall–Kier alpha value is -1.56. The number of hydrogen-bond acceptors (Lipinski definition) is 2. The molecule has 0 aliphatic heterocycles. The molecule has 1 aromatic carbocycles. The van der Waals surface area contributed by atoms with Gasteiger partial charge in [0.25, 0.3) is 5.91 Å². The molecule has 1 fully saturated rings. The number of benzene rings is 1. The van der Waals surface area contributed by atoms with E-state index in [4.69, 9.17) is 0 Å². The summed E-state index contributed by atoms with van der Waals surface area (Å²) in [5.41, 5.74) is -1.45. The Morgan fingerprint density at radius 1 is 1.38 bits per heavy atom. The fraction of sp³-hybridized carbons (Fsp3) is 0.533. The van der Waals surface area contributed by atoms with Crippen molar-refractivity contribution < 1.29 is 23.1 Å². The second-order valence-electron chi connectivity index (χ2n) is 5.45. The lowest BCUT2D eigenvalue weighted by molar-refractivity contribution is -0.215. The summed E-state index contributed by atoms with van der Waals surface area (Å²) in [5.74, 6) is -5.55. The second kappa shape index (κ2) is 6.05. The maximum atomic E-state index is 13.7. The third-order valence-electron chi connectivity index (χ3n) is 3.87. The van der Waals surface area contributed by atoms with Crippen LogP contribution in [0.5, 0.6) is 0 Å². The number of nitrogens with one attached hydrogen (secondary N) is 1. The van der Waals surface area contributed by atoms with Crippen LogP contribution in [0.15, 0.2) is 24.3 Å². The molecule has 0 spiro atoms. The maximum absolute atomic E-state index is 13.7. The van der Waals surface area contributed by atoms with E-state index in [1.165, 1.54) is 12.1 Å². The van der Waals surface area contributed by atoms with Crippen LogP contribution in [0.25, 0.3) is 0 Å². The van der Waals surface area contributed by atoms with E-state index < -0.39 is 17.4 Å². The van der Waals surface area contributed by atoms with Crippen LogP contribution < -0.4 is 5.32 Å². The Morgan fingerprint density at radius 2 is 2.10 bits per heavy atom. The topological polar surface area (TPSA) is 49.3 Å². The van der Waals surface area contributed by atoms with E-state index in [0.717, 1.165) is 5.56 Å². The fourth-order valence-corrected chi connectivity index (χ4v) is 2.33. The minimum atomic E-state index is -3.76. The largest absolute Gasteiger partial charge is 0.383 e. The van der Waals surface area contributed by atoms with Crippen molar-refractivity contribution in [1.29, 1.82) is 0 Å². The normalized spacial score (nSPS) is 17.1. The molecule has 1 aliphatic rings. The van der Waals surface area contributed by atoms with Crippen LogP contribution >= 0.6 is 0 Å². The number of hydrogen-bond donors (Lipinski definition) is 2. The highest BCUT2D eigenvalue weighted by Gasteiger charge is 2.60. The predicted octanol–water partition coefficient (Wildman–Crippen LogP) is 2.42. The SMILES string of the molecule is O=C(NCCCc1cccc(F)c1)C(F)(F)C1(O)CCC1. The minimum Gasteiger partial charge on any atom is -0.383 e. The molecule has 1 aliphatic carbocycles. The Morgan fingerprint density at radius 3 is 2.67 bits per heavy atom. The third kappa shape index (κ3) is 3.37. The van der Waals surface area contributed by atoms with Gasteiger partial charge in [-0.3, -0.25) is 4.79 Å². The molecule has 3 nitrogen and oxygen atoms in total. The highest BCUT2D eigenvalue weighted by molar-refractivity contribution is 5.85. The average Bonchev–Trinajstić information content (AvgIpc) is 2.40.